The van der Waals surface area contributed by atoms with Gasteiger partial charge in [0, 0.05) is 11.9 Å². The number of rotatable bonds is 5. The molecule has 0 bridgehead atoms. The summed E-state index contributed by atoms with van der Waals surface area (Å²) in [6.45, 7) is 0. The summed E-state index contributed by atoms with van der Waals surface area (Å²) >= 11 is 0. The average molecular weight is 345 g/mol. The Hall–Kier alpha value is -3.92. The zero-order valence-electron chi connectivity index (χ0n) is 13.9. The lowest BCUT2D eigenvalue weighted by Gasteiger charge is -2.10. The predicted octanol–water partition coefficient (Wildman–Crippen LogP) is 3.35. The van der Waals surface area contributed by atoms with Gasteiger partial charge in [-0.25, -0.2) is 9.97 Å². The summed E-state index contributed by atoms with van der Waals surface area (Å²) in [4.78, 5) is 20.8. The summed E-state index contributed by atoms with van der Waals surface area (Å²) in [6.07, 6.45) is 1.50. The number of benzene rings is 2. The van der Waals surface area contributed by atoms with Crippen LogP contribution >= 0.6 is 0 Å². The minimum Gasteiger partial charge on any atom is -0.495 e. The van der Waals surface area contributed by atoms with Crippen molar-refractivity contribution in [1.82, 2.24) is 9.97 Å². The maximum absolute atomic E-state index is 12.4. The van der Waals surface area contributed by atoms with Crippen LogP contribution in [-0.4, -0.2) is 23.0 Å². The second-order valence-corrected chi connectivity index (χ2v) is 5.23. The van der Waals surface area contributed by atoms with Crippen molar-refractivity contribution in [2.24, 2.45) is 0 Å². The third kappa shape index (κ3) is 3.94. The molecule has 7 heteroatoms. The lowest BCUT2D eigenvalue weighted by molar-refractivity contribution is 0.102. The third-order valence-corrected chi connectivity index (χ3v) is 3.51. The minimum absolute atomic E-state index is 0.210. The Kier molecular flexibility index (Phi) is 5.05. The van der Waals surface area contributed by atoms with Gasteiger partial charge in [-0.05, 0) is 42.5 Å². The normalized spacial score (nSPS) is 9.85. The predicted molar refractivity (Wildman–Crippen MR) is 97.4 cm³/mol. The fourth-order valence-corrected chi connectivity index (χ4v) is 2.24. The monoisotopic (exact) mass is 345 g/mol. The van der Waals surface area contributed by atoms with Crippen LogP contribution in [-0.2, 0) is 0 Å². The van der Waals surface area contributed by atoms with Crippen LogP contribution in [0.15, 0.2) is 60.8 Å². The Bertz CT molecular complexity index is 964. The SMILES string of the molecule is COc1ccccc1NC(=O)c1ccnc(Nc2ccc(C#N)cc2)n1. The number of para-hydroxylation sites is 2. The van der Waals surface area contributed by atoms with Crippen molar-refractivity contribution in [2.75, 3.05) is 17.7 Å². The van der Waals surface area contributed by atoms with E-state index in [0.717, 1.165) is 0 Å². The summed E-state index contributed by atoms with van der Waals surface area (Å²) in [6, 6.07) is 17.5. The Balaban J connectivity index is 1.75. The maximum Gasteiger partial charge on any atom is 0.274 e. The molecule has 1 aromatic heterocycles. The number of nitrogens with zero attached hydrogens (tertiary/aromatic N) is 3. The molecule has 3 aromatic rings. The van der Waals surface area contributed by atoms with Gasteiger partial charge in [0.1, 0.15) is 11.4 Å². The molecule has 0 fully saturated rings. The summed E-state index contributed by atoms with van der Waals surface area (Å²) in [5, 5.41) is 14.6. The molecule has 0 aliphatic heterocycles. The molecule has 2 aromatic carbocycles. The maximum atomic E-state index is 12.4. The standard InChI is InChI=1S/C19H15N5O2/c1-26-17-5-3-2-4-15(17)23-18(25)16-10-11-21-19(24-16)22-14-8-6-13(12-20)7-9-14/h2-11H,1H3,(H,23,25)(H,21,22,24). The van der Waals surface area contributed by atoms with Gasteiger partial charge in [-0.1, -0.05) is 12.1 Å². The third-order valence-electron chi connectivity index (χ3n) is 3.51. The zero-order chi connectivity index (χ0) is 18.4. The molecular formula is C19H15N5O2. The van der Waals surface area contributed by atoms with Crippen molar-refractivity contribution in [1.29, 1.82) is 5.26 Å². The molecule has 3 rings (SSSR count). The van der Waals surface area contributed by atoms with Crippen LogP contribution < -0.4 is 15.4 Å². The van der Waals surface area contributed by atoms with Crippen LogP contribution in [0.2, 0.25) is 0 Å². The second-order valence-electron chi connectivity index (χ2n) is 5.23. The van der Waals surface area contributed by atoms with Gasteiger partial charge in [-0.15, -0.1) is 0 Å². The lowest BCUT2D eigenvalue weighted by Crippen LogP contribution is -2.15. The Morgan fingerprint density at radius 1 is 1.12 bits per heavy atom. The molecule has 0 saturated carbocycles. The van der Waals surface area contributed by atoms with E-state index in [1.54, 1.807) is 42.5 Å². The number of nitriles is 1. The molecule has 1 heterocycles. The minimum atomic E-state index is -0.375. The zero-order valence-corrected chi connectivity index (χ0v) is 13.9. The largest absolute Gasteiger partial charge is 0.495 e. The highest BCUT2D eigenvalue weighted by molar-refractivity contribution is 6.03. The van der Waals surface area contributed by atoms with Gasteiger partial charge < -0.3 is 15.4 Å². The molecule has 128 valence electrons. The number of hydrogen-bond acceptors (Lipinski definition) is 6. The number of carbonyl (C=O) groups is 1. The van der Waals surface area contributed by atoms with Gasteiger partial charge in [0.15, 0.2) is 0 Å². The second kappa shape index (κ2) is 7.77. The van der Waals surface area contributed by atoms with Gasteiger partial charge in [-0.2, -0.15) is 5.26 Å². The molecule has 1 amide bonds. The topological polar surface area (TPSA) is 99.9 Å². The van der Waals surface area contributed by atoms with E-state index in [1.165, 1.54) is 19.4 Å². The van der Waals surface area contributed by atoms with Crippen LogP contribution in [0.1, 0.15) is 16.1 Å². The van der Waals surface area contributed by atoms with E-state index in [4.69, 9.17) is 10.00 Å². The van der Waals surface area contributed by atoms with E-state index in [-0.39, 0.29) is 17.5 Å². The number of hydrogen-bond donors (Lipinski definition) is 2. The van der Waals surface area contributed by atoms with E-state index in [0.29, 0.717) is 22.7 Å². The number of carbonyl (C=O) groups excluding carboxylic acids is 1. The van der Waals surface area contributed by atoms with E-state index >= 15 is 0 Å². The Labute approximate surface area is 150 Å². The first-order chi connectivity index (χ1) is 12.7. The van der Waals surface area contributed by atoms with E-state index in [1.807, 2.05) is 6.07 Å². The van der Waals surface area contributed by atoms with Crippen molar-refractivity contribution in [3.8, 4) is 11.8 Å². The number of amides is 1. The molecule has 0 unspecified atom stereocenters. The van der Waals surface area contributed by atoms with E-state index < -0.39 is 0 Å². The van der Waals surface area contributed by atoms with E-state index in [9.17, 15) is 4.79 Å². The molecule has 7 nitrogen and oxygen atoms in total. The molecular weight excluding hydrogens is 330 g/mol. The number of anilines is 3. The van der Waals surface area contributed by atoms with Crippen molar-refractivity contribution in [3.63, 3.8) is 0 Å². The van der Waals surface area contributed by atoms with Gasteiger partial charge in [0.05, 0.1) is 24.4 Å². The fourth-order valence-electron chi connectivity index (χ4n) is 2.24. The fraction of sp³-hybridized carbons (Fsp3) is 0.0526. The first kappa shape index (κ1) is 16.9. The summed E-state index contributed by atoms with van der Waals surface area (Å²) < 4.78 is 5.22. The first-order valence-corrected chi connectivity index (χ1v) is 7.74. The van der Waals surface area contributed by atoms with E-state index in [2.05, 4.69) is 26.7 Å². The summed E-state index contributed by atoms with van der Waals surface area (Å²) in [5.74, 6) is 0.466. The van der Waals surface area contributed by atoms with Gasteiger partial charge in [0.2, 0.25) is 5.95 Å². The number of methoxy groups -OCH3 is 1. The van der Waals surface area contributed by atoms with Crippen molar-refractivity contribution >= 4 is 23.2 Å². The highest BCUT2D eigenvalue weighted by atomic mass is 16.5. The molecule has 26 heavy (non-hydrogen) atoms. The highest BCUT2D eigenvalue weighted by Crippen LogP contribution is 2.23. The molecule has 0 saturated heterocycles. The molecule has 2 N–H and O–H groups in total. The van der Waals surface area contributed by atoms with Crippen molar-refractivity contribution in [2.45, 2.75) is 0 Å². The quantitative estimate of drug-likeness (QED) is 0.735. The van der Waals surface area contributed by atoms with Crippen molar-refractivity contribution < 1.29 is 9.53 Å². The molecule has 0 aliphatic rings. The molecule has 0 atom stereocenters. The smallest absolute Gasteiger partial charge is 0.274 e. The van der Waals surface area contributed by atoms with Crippen molar-refractivity contribution in [3.05, 3.63) is 72.1 Å². The average Bonchev–Trinajstić information content (AvgIpc) is 2.69. The van der Waals surface area contributed by atoms with Gasteiger partial charge in [-0.3, -0.25) is 4.79 Å². The van der Waals surface area contributed by atoms with Crippen LogP contribution in [0.4, 0.5) is 17.3 Å². The summed E-state index contributed by atoms with van der Waals surface area (Å²) in [7, 11) is 1.54. The van der Waals surface area contributed by atoms with Crippen LogP contribution in [0, 0.1) is 11.3 Å². The number of ether oxygens (including phenoxy) is 1. The van der Waals surface area contributed by atoms with Gasteiger partial charge in [0.25, 0.3) is 5.91 Å². The van der Waals surface area contributed by atoms with Crippen LogP contribution in [0.5, 0.6) is 5.75 Å². The van der Waals surface area contributed by atoms with Crippen LogP contribution in [0.3, 0.4) is 0 Å². The Morgan fingerprint density at radius 3 is 2.62 bits per heavy atom. The number of aromatic nitrogens is 2. The Morgan fingerprint density at radius 2 is 1.88 bits per heavy atom. The summed E-state index contributed by atoms with van der Waals surface area (Å²) in [5.41, 5.74) is 2.04. The molecule has 0 radical (unpaired) electrons. The lowest BCUT2D eigenvalue weighted by atomic mass is 10.2. The molecule has 0 aliphatic carbocycles. The highest BCUT2D eigenvalue weighted by Gasteiger charge is 2.12. The number of nitrogens with one attached hydrogen (secondary N) is 2. The first-order valence-electron chi connectivity index (χ1n) is 7.74. The van der Waals surface area contributed by atoms with Gasteiger partial charge >= 0.3 is 0 Å². The van der Waals surface area contributed by atoms with Crippen LogP contribution in [0.25, 0.3) is 0 Å². The molecule has 0 spiro atoms.